The minimum atomic E-state index is -0.459. The summed E-state index contributed by atoms with van der Waals surface area (Å²) in [5, 5.41) is 11.1. The second kappa shape index (κ2) is 5.01. The van der Waals surface area contributed by atoms with Gasteiger partial charge in [0.25, 0.3) is 0 Å². The number of carbonyl (C=O) groups is 1. The maximum Gasteiger partial charge on any atom is 0.311 e. The van der Waals surface area contributed by atoms with Crippen molar-refractivity contribution in [3.05, 3.63) is 63.2 Å². The Morgan fingerprint density at radius 3 is 2.71 bits per heavy atom. The van der Waals surface area contributed by atoms with Crippen molar-refractivity contribution in [3.8, 4) is 11.5 Å². The number of nitro benzene ring substituents is 1. The van der Waals surface area contributed by atoms with Gasteiger partial charge in [0.05, 0.1) is 4.92 Å². The van der Waals surface area contributed by atoms with Crippen LogP contribution in [0, 0.1) is 17.0 Å². The van der Waals surface area contributed by atoms with Crippen LogP contribution < -0.4 is 4.74 Å². The predicted molar refractivity (Wildman–Crippen MR) is 77.0 cm³/mol. The van der Waals surface area contributed by atoms with E-state index < -0.39 is 4.92 Å². The van der Waals surface area contributed by atoms with Crippen LogP contribution in [0.2, 0.25) is 0 Å². The van der Waals surface area contributed by atoms with Crippen molar-refractivity contribution in [2.75, 3.05) is 0 Å². The summed E-state index contributed by atoms with van der Waals surface area (Å²) < 4.78 is 5.63. The van der Waals surface area contributed by atoms with E-state index in [9.17, 15) is 14.9 Å². The summed E-state index contributed by atoms with van der Waals surface area (Å²) in [6, 6.07) is 10.0. The highest BCUT2D eigenvalue weighted by atomic mass is 16.6. The molecular weight excluding hydrogens is 270 g/mol. The molecule has 0 heterocycles. The molecule has 1 aliphatic carbocycles. The molecule has 0 N–H and O–H groups in total. The molecule has 0 bridgehead atoms. The Hall–Kier alpha value is -2.69. The van der Waals surface area contributed by atoms with Gasteiger partial charge in [0.1, 0.15) is 5.75 Å². The van der Waals surface area contributed by atoms with Gasteiger partial charge >= 0.3 is 5.69 Å². The van der Waals surface area contributed by atoms with Crippen LogP contribution in [-0.4, -0.2) is 10.7 Å². The lowest BCUT2D eigenvalue weighted by Gasteiger charge is -2.08. The van der Waals surface area contributed by atoms with Gasteiger partial charge in [-0.3, -0.25) is 14.9 Å². The summed E-state index contributed by atoms with van der Waals surface area (Å²) in [6.07, 6.45) is 1.21. The first-order valence-electron chi connectivity index (χ1n) is 6.63. The van der Waals surface area contributed by atoms with Crippen LogP contribution in [0.5, 0.6) is 11.5 Å². The van der Waals surface area contributed by atoms with Gasteiger partial charge in [-0.25, -0.2) is 0 Å². The Labute approximate surface area is 121 Å². The van der Waals surface area contributed by atoms with E-state index in [1.165, 1.54) is 6.07 Å². The quantitative estimate of drug-likeness (QED) is 0.634. The molecule has 2 aromatic rings. The van der Waals surface area contributed by atoms with Gasteiger partial charge in [-0.1, -0.05) is 6.07 Å². The number of Topliss-reactive ketones (excluding diaryl/α,β-unsaturated/α-hetero) is 1. The topological polar surface area (TPSA) is 69.4 Å². The molecule has 0 saturated heterocycles. The van der Waals surface area contributed by atoms with Crippen molar-refractivity contribution in [2.45, 2.75) is 19.8 Å². The molecule has 5 nitrogen and oxygen atoms in total. The van der Waals surface area contributed by atoms with E-state index in [1.807, 2.05) is 0 Å². The fourth-order valence-electron chi connectivity index (χ4n) is 2.48. The molecule has 0 aromatic heterocycles. The van der Waals surface area contributed by atoms with Gasteiger partial charge < -0.3 is 4.74 Å². The standard InChI is InChI=1S/C16H13NO4/c1-10-2-7-16(14(8-10)17(19)20)21-12-4-5-13-11(9-12)3-6-15(13)18/h2,4-5,7-9H,3,6H2,1H3. The van der Waals surface area contributed by atoms with Crippen LogP contribution in [0.25, 0.3) is 0 Å². The fourth-order valence-corrected chi connectivity index (χ4v) is 2.48. The predicted octanol–water partition coefficient (Wildman–Crippen LogP) is 3.82. The molecule has 0 saturated carbocycles. The number of nitrogens with zero attached hydrogens (tertiary/aromatic N) is 1. The highest BCUT2D eigenvalue weighted by molar-refractivity contribution is 6.00. The molecule has 21 heavy (non-hydrogen) atoms. The Kier molecular flexibility index (Phi) is 3.17. The number of hydrogen-bond donors (Lipinski definition) is 0. The van der Waals surface area contributed by atoms with E-state index in [1.54, 1.807) is 37.3 Å². The van der Waals surface area contributed by atoms with Gasteiger partial charge in [0.2, 0.25) is 5.75 Å². The van der Waals surface area contributed by atoms with E-state index in [2.05, 4.69) is 0 Å². The number of benzene rings is 2. The van der Waals surface area contributed by atoms with E-state index >= 15 is 0 Å². The number of aryl methyl sites for hydroxylation is 2. The van der Waals surface area contributed by atoms with Gasteiger partial charge in [0, 0.05) is 18.1 Å². The van der Waals surface area contributed by atoms with E-state index in [-0.39, 0.29) is 17.2 Å². The molecule has 2 aromatic carbocycles. The monoisotopic (exact) mass is 283 g/mol. The number of nitro groups is 1. The number of carbonyl (C=O) groups excluding carboxylic acids is 1. The van der Waals surface area contributed by atoms with Crippen LogP contribution in [0.4, 0.5) is 5.69 Å². The summed E-state index contributed by atoms with van der Waals surface area (Å²) >= 11 is 0. The number of fused-ring (bicyclic) bond motifs is 1. The smallest absolute Gasteiger partial charge is 0.311 e. The van der Waals surface area contributed by atoms with Crippen molar-refractivity contribution in [3.63, 3.8) is 0 Å². The fraction of sp³-hybridized carbons (Fsp3) is 0.188. The molecule has 0 aliphatic heterocycles. The van der Waals surface area contributed by atoms with Crippen molar-refractivity contribution < 1.29 is 14.5 Å². The highest BCUT2D eigenvalue weighted by Gasteiger charge is 2.21. The molecule has 0 spiro atoms. The van der Waals surface area contributed by atoms with E-state index in [0.29, 0.717) is 18.6 Å². The first-order chi connectivity index (χ1) is 10.0. The third-order valence-corrected chi connectivity index (χ3v) is 3.54. The van der Waals surface area contributed by atoms with E-state index in [0.717, 1.165) is 16.7 Å². The van der Waals surface area contributed by atoms with Crippen LogP contribution in [0.1, 0.15) is 27.9 Å². The molecule has 0 amide bonds. The highest BCUT2D eigenvalue weighted by Crippen LogP contribution is 2.34. The zero-order chi connectivity index (χ0) is 15.0. The maximum atomic E-state index is 11.6. The van der Waals surface area contributed by atoms with Crippen molar-refractivity contribution >= 4 is 11.5 Å². The lowest BCUT2D eigenvalue weighted by Crippen LogP contribution is -1.95. The first kappa shape index (κ1) is 13.3. The molecular formula is C16H13NO4. The largest absolute Gasteiger partial charge is 0.450 e. The van der Waals surface area contributed by atoms with Crippen molar-refractivity contribution in [1.29, 1.82) is 0 Å². The SMILES string of the molecule is Cc1ccc(Oc2ccc3c(c2)CCC3=O)c([N+](=O)[O-])c1. The van der Waals surface area contributed by atoms with Gasteiger partial charge in [-0.15, -0.1) is 0 Å². The molecule has 3 rings (SSSR count). The third-order valence-electron chi connectivity index (χ3n) is 3.54. The Morgan fingerprint density at radius 1 is 1.14 bits per heavy atom. The third kappa shape index (κ3) is 2.50. The first-order valence-corrected chi connectivity index (χ1v) is 6.63. The molecule has 0 fully saturated rings. The van der Waals surface area contributed by atoms with Crippen molar-refractivity contribution in [1.82, 2.24) is 0 Å². The molecule has 1 aliphatic rings. The average molecular weight is 283 g/mol. The zero-order valence-corrected chi connectivity index (χ0v) is 11.5. The summed E-state index contributed by atoms with van der Waals surface area (Å²) in [4.78, 5) is 22.2. The number of hydrogen-bond acceptors (Lipinski definition) is 4. The molecule has 0 radical (unpaired) electrons. The minimum absolute atomic E-state index is 0.0634. The second-order valence-corrected chi connectivity index (χ2v) is 5.07. The Bertz CT molecular complexity index is 752. The van der Waals surface area contributed by atoms with Gasteiger partial charge in [0.15, 0.2) is 5.78 Å². The molecule has 5 heteroatoms. The average Bonchev–Trinajstić information content (AvgIpc) is 2.82. The lowest BCUT2D eigenvalue weighted by atomic mass is 10.1. The normalized spacial score (nSPS) is 13.1. The zero-order valence-electron chi connectivity index (χ0n) is 11.5. The summed E-state index contributed by atoms with van der Waals surface area (Å²) in [5.74, 6) is 0.850. The molecule has 0 atom stereocenters. The van der Waals surface area contributed by atoms with Gasteiger partial charge in [-0.2, -0.15) is 0 Å². The summed E-state index contributed by atoms with van der Waals surface area (Å²) in [7, 11) is 0. The second-order valence-electron chi connectivity index (χ2n) is 5.07. The molecule has 0 unspecified atom stereocenters. The summed E-state index contributed by atoms with van der Waals surface area (Å²) in [6.45, 7) is 1.79. The van der Waals surface area contributed by atoms with Crippen LogP contribution in [-0.2, 0) is 6.42 Å². The number of ether oxygens (including phenoxy) is 1. The number of rotatable bonds is 3. The minimum Gasteiger partial charge on any atom is -0.450 e. The summed E-state index contributed by atoms with van der Waals surface area (Å²) in [5.41, 5.74) is 2.40. The Morgan fingerprint density at radius 2 is 1.95 bits per heavy atom. The molecule has 106 valence electrons. The number of ketones is 1. The lowest BCUT2D eigenvalue weighted by molar-refractivity contribution is -0.385. The van der Waals surface area contributed by atoms with Gasteiger partial charge in [-0.05, 0) is 48.7 Å². The van der Waals surface area contributed by atoms with Crippen LogP contribution >= 0.6 is 0 Å². The van der Waals surface area contributed by atoms with Crippen molar-refractivity contribution in [2.24, 2.45) is 0 Å². The van der Waals surface area contributed by atoms with E-state index in [4.69, 9.17) is 4.74 Å². The van der Waals surface area contributed by atoms with Crippen LogP contribution in [0.15, 0.2) is 36.4 Å². The maximum absolute atomic E-state index is 11.6. The van der Waals surface area contributed by atoms with Crippen LogP contribution in [0.3, 0.4) is 0 Å². The Balaban J connectivity index is 1.94.